The Morgan fingerprint density at radius 2 is 1.81 bits per heavy atom. The van der Waals surface area contributed by atoms with Gasteiger partial charge in [-0.1, -0.05) is 53.0 Å². The third kappa shape index (κ3) is 4.15. The average Bonchev–Trinajstić information content (AvgIpc) is 2.77. The standard InChI is InChI=1S/C24H19Cl2N3O3/c1-12-3-2-4-13(7-12)11-28-24(32)14-5-6-16-19(10-14)29-21(23(31)22(16)30)15-8-17(25)20(27)18(26)9-15/h2-10,31H,11,27H2,1H3,(H,28,32)(H,29,30). The molecule has 32 heavy (non-hydrogen) atoms. The largest absolute Gasteiger partial charge is 0.503 e. The number of amides is 1. The van der Waals surface area contributed by atoms with Gasteiger partial charge in [0.2, 0.25) is 5.43 Å². The van der Waals surface area contributed by atoms with Gasteiger partial charge in [-0.3, -0.25) is 9.59 Å². The molecule has 0 unspecified atom stereocenters. The van der Waals surface area contributed by atoms with Crippen molar-refractivity contribution in [1.82, 2.24) is 10.3 Å². The molecule has 0 saturated carbocycles. The molecule has 0 spiro atoms. The van der Waals surface area contributed by atoms with E-state index in [-0.39, 0.29) is 32.7 Å². The van der Waals surface area contributed by atoms with Gasteiger partial charge >= 0.3 is 0 Å². The van der Waals surface area contributed by atoms with Crippen LogP contribution < -0.4 is 16.5 Å². The third-order valence-electron chi connectivity index (χ3n) is 5.14. The van der Waals surface area contributed by atoms with Crippen LogP contribution in [0.3, 0.4) is 0 Å². The van der Waals surface area contributed by atoms with Gasteiger partial charge in [0.15, 0.2) is 5.75 Å². The van der Waals surface area contributed by atoms with Crippen molar-refractivity contribution in [3.05, 3.63) is 91.6 Å². The fraction of sp³-hybridized carbons (Fsp3) is 0.0833. The smallest absolute Gasteiger partial charge is 0.251 e. The van der Waals surface area contributed by atoms with Crippen LogP contribution in [0.25, 0.3) is 22.2 Å². The number of hydrogen-bond donors (Lipinski definition) is 4. The highest BCUT2D eigenvalue weighted by atomic mass is 35.5. The number of anilines is 1. The quantitative estimate of drug-likeness (QED) is 0.315. The number of carbonyl (C=O) groups excluding carboxylic acids is 1. The molecule has 6 nitrogen and oxygen atoms in total. The van der Waals surface area contributed by atoms with E-state index in [1.54, 1.807) is 12.1 Å². The lowest BCUT2D eigenvalue weighted by Crippen LogP contribution is -2.23. The number of nitrogens with one attached hydrogen (secondary N) is 2. The zero-order valence-electron chi connectivity index (χ0n) is 17.0. The summed E-state index contributed by atoms with van der Waals surface area (Å²) in [7, 11) is 0. The summed E-state index contributed by atoms with van der Waals surface area (Å²) in [5, 5.41) is 14.0. The molecule has 4 rings (SSSR count). The van der Waals surface area contributed by atoms with Crippen LogP contribution in [0.2, 0.25) is 10.0 Å². The number of nitrogens with two attached hydrogens (primary N) is 1. The SMILES string of the molecule is Cc1cccc(CNC(=O)c2ccc3c(=O)c(O)c(-c4cc(Cl)c(N)c(Cl)c4)[nH]c3c2)c1. The first-order chi connectivity index (χ1) is 15.2. The van der Waals surface area contributed by atoms with Gasteiger partial charge in [0.1, 0.15) is 0 Å². The van der Waals surface area contributed by atoms with Crippen LogP contribution in [0, 0.1) is 6.92 Å². The van der Waals surface area contributed by atoms with Crippen LogP contribution in [-0.4, -0.2) is 16.0 Å². The molecule has 0 bridgehead atoms. The van der Waals surface area contributed by atoms with E-state index in [1.807, 2.05) is 31.2 Å². The molecule has 3 aromatic carbocycles. The number of fused-ring (bicyclic) bond motifs is 1. The van der Waals surface area contributed by atoms with Crippen molar-refractivity contribution in [1.29, 1.82) is 0 Å². The van der Waals surface area contributed by atoms with Crippen molar-refractivity contribution in [2.24, 2.45) is 0 Å². The lowest BCUT2D eigenvalue weighted by Gasteiger charge is -2.11. The van der Waals surface area contributed by atoms with E-state index in [4.69, 9.17) is 28.9 Å². The topological polar surface area (TPSA) is 108 Å². The summed E-state index contributed by atoms with van der Waals surface area (Å²) in [5.41, 5.74) is 8.76. The number of pyridine rings is 1. The Kier molecular flexibility index (Phi) is 5.82. The summed E-state index contributed by atoms with van der Waals surface area (Å²) >= 11 is 12.2. The van der Waals surface area contributed by atoms with Crippen molar-refractivity contribution in [3.8, 4) is 17.0 Å². The number of halogens is 2. The Morgan fingerprint density at radius 1 is 1.09 bits per heavy atom. The minimum atomic E-state index is -0.579. The Bertz CT molecular complexity index is 1410. The molecule has 0 aliphatic heterocycles. The maximum atomic E-state index is 12.7. The lowest BCUT2D eigenvalue weighted by molar-refractivity contribution is 0.0951. The molecule has 162 valence electrons. The molecule has 4 aromatic rings. The second kappa shape index (κ2) is 8.57. The van der Waals surface area contributed by atoms with Crippen molar-refractivity contribution in [2.75, 3.05) is 5.73 Å². The molecule has 0 atom stereocenters. The molecular weight excluding hydrogens is 449 g/mol. The molecule has 0 saturated heterocycles. The first-order valence-electron chi connectivity index (χ1n) is 9.72. The van der Waals surface area contributed by atoms with E-state index in [2.05, 4.69) is 10.3 Å². The van der Waals surface area contributed by atoms with E-state index in [0.29, 0.717) is 23.2 Å². The molecule has 1 aromatic heterocycles. The van der Waals surface area contributed by atoms with Gasteiger partial charge in [-0.05, 0) is 42.8 Å². The molecule has 0 radical (unpaired) electrons. The first kappa shape index (κ1) is 21.7. The highest BCUT2D eigenvalue weighted by Gasteiger charge is 2.16. The lowest BCUT2D eigenvalue weighted by atomic mass is 10.1. The van der Waals surface area contributed by atoms with Crippen molar-refractivity contribution < 1.29 is 9.90 Å². The van der Waals surface area contributed by atoms with Crippen LogP contribution in [-0.2, 0) is 6.54 Å². The van der Waals surface area contributed by atoms with Gasteiger partial charge < -0.3 is 21.1 Å². The molecule has 0 aliphatic rings. The number of aromatic amines is 1. The predicted octanol–water partition coefficient (Wildman–Crippen LogP) is 5.03. The Labute approximate surface area is 193 Å². The predicted molar refractivity (Wildman–Crippen MR) is 128 cm³/mol. The van der Waals surface area contributed by atoms with Gasteiger partial charge in [0.05, 0.1) is 26.9 Å². The minimum Gasteiger partial charge on any atom is -0.503 e. The van der Waals surface area contributed by atoms with E-state index >= 15 is 0 Å². The summed E-state index contributed by atoms with van der Waals surface area (Å²) in [6, 6.07) is 15.4. The molecule has 5 N–H and O–H groups in total. The van der Waals surface area contributed by atoms with Crippen LogP contribution in [0.4, 0.5) is 5.69 Å². The van der Waals surface area contributed by atoms with Gasteiger partial charge in [-0.25, -0.2) is 0 Å². The van der Waals surface area contributed by atoms with Crippen molar-refractivity contribution >= 4 is 45.7 Å². The van der Waals surface area contributed by atoms with Crippen LogP contribution in [0.1, 0.15) is 21.5 Å². The van der Waals surface area contributed by atoms with Gasteiger partial charge in [-0.2, -0.15) is 0 Å². The number of aromatic nitrogens is 1. The Balaban J connectivity index is 1.71. The summed E-state index contributed by atoms with van der Waals surface area (Å²) in [6.45, 7) is 2.36. The fourth-order valence-corrected chi connectivity index (χ4v) is 3.95. The Morgan fingerprint density at radius 3 is 2.50 bits per heavy atom. The number of aromatic hydroxyl groups is 1. The first-order valence-corrected chi connectivity index (χ1v) is 10.5. The second-order valence-electron chi connectivity index (χ2n) is 7.46. The van der Waals surface area contributed by atoms with Gasteiger partial charge in [0.25, 0.3) is 5.91 Å². The molecule has 8 heteroatoms. The highest BCUT2D eigenvalue weighted by Crippen LogP contribution is 2.35. The number of rotatable bonds is 4. The number of nitrogen functional groups attached to an aromatic ring is 1. The highest BCUT2D eigenvalue weighted by molar-refractivity contribution is 6.39. The van der Waals surface area contributed by atoms with Crippen LogP contribution >= 0.6 is 23.2 Å². The number of benzene rings is 3. The number of carbonyl (C=O) groups is 1. The summed E-state index contributed by atoms with van der Waals surface area (Å²) in [6.07, 6.45) is 0. The third-order valence-corrected chi connectivity index (χ3v) is 5.77. The molecule has 0 fully saturated rings. The average molecular weight is 468 g/mol. The number of aryl methyl sites for hydroxylation is 1. The number of hydrogen-bond acceptors (Lipinski definition) is 4. The minimum absolute atomic E-state index is 0.128. The zero-order chi connectivity index (χ0) is 23.0. The molecular formula is C24H19Cl2N3O3. The second-order valence-corrected chi connectivity index (χ2v) is 8.28. The van der Waals surface area contributed by atoms with Crippen LogP contribution in [0.5, 0.6) is 5.75 Å². The van der Waals surface area contributed by atoms with Crippen molar-refractivity contribution in [2.45, 2.75) is 13.5 Å². The van der Waals surface area contributed by atoms with Crippen molar-refractivity contribution in [3.63, 3.8) is 0 Å². The number of H-pyrrole nitrogens is 1. The maximum Gasteiger partial charge on any atom is 0.251 e. The molecule has 0 aliphatic carbocycles. The normalized spacial score (nSPS) is 11.0. The van der Waals surface area contributed by atoms with E-state index in [0.717, 1.165) is 11.1 Å². The van der Waals surface area contributed by atoms with E-state index in [1.165, 1.54) is 18.2 Å². The monoisotopic (exact) mass is 467 g/mol. The van der Waals surface area contributed by atoms with E-state index in [9.17, 15) is 14.7 Å². The summed E-state index contributed by atoms with van der Waals surface area (Å²) in [4.78, 5) is 28.4. The van der Waals surface area contributed by atoms with E-state index < -0.39 is 11.2 Å². The maximum absolute atomic E-state index is 12.7. The fourth-order valence-electron chi connectivity index (χ4n) is 3.47. The Hall–Kier alpha value is -3.48. The molecule has 1 heterocycles. The summed E-state index contributed by atoms with van der Waals surface area (Å²) in [5.74, 6) is -0.770. The molecule has 1 amide bonds. The summed E-state index contributed by atoms with van der Waals surface area (Å²) < 4.78 is 0. The van der Waals surface area contributed by atoms with Crippen LogP contribution in [0.15, 0.2) is 59.4 Å². The zero-order valence-corrected chi connectivity index (χ0v) is 18.5. The van der Waals surface area contributed by atoms with Gasteiger partial charge in [0, 0.05) is 23.1 Å². The van der Waals surface area contributed by atoms with Gasteiger partial charge in [-0.15, -0.1) is 0 Å².